The Morgan fingerprint density at radius 3 is 2.72 bits per heavy atom. The van der Waals surface area contributed by atoms with Gasteiger partial charge in [-0.2, -0.15) is 0 Å². The van der Waals surface area contributed by atoms with E-state index in [9.17, 15) is 0 Å². The molecule has 3 unspecified atom stereocenters. The summed E-state index contributed by atoms with van der Waals surface area (Å²) >= 11 is 5.99. The number of ether oxygens (including phenoxy) is 1. The standard InChI is InChI=1S/C19H17ClN4O/c20-16-5-3-13(4-6-16)19-23-22-17-9-21-10-18(24(17)19)25-11-15-8-12-1-2-14(15)7-12/h1-6,9-10,12,14-15H,7-8,11H2. The molecule has 1 saturated carbocycles. The number of hydrogen-bond donors (Lipinski definition) is 0. The second-order valence-corrected chi connectivity index (χ2v) is 7.26. The van der Waals surface area contributed by atoms with Gasteiger partial charge in [-0.1, -0.05) is 23.8 Å². The summed E-state index contributed by atoms with van der Waals surface area (Å²) in [6.07, 6.45) is 10.6. The number of hydrogen-bond acceptors (Lipinski definition) is 4. The molecule has 3 aromatic rings. The number of fused-ring (bicyclic) bond motifs is 3. The van der Waals surface area contributed by atoms with E-state index in [0.29, 0.717) is 35.0 Å². The molecule has 6 heteroatoms. The third-order valence-electron chi connectivity index (χ3n) is 5.25. The second-order valence-electron chi connectivity index (χ2n) is 6.82. The van der Waals surface area contributed by atoms with Crippen LogP contribution in [0.3, 0.4) is 0 Å². The van der Waals surface area contributed by atoms with Crippen molar-refractivity contribution in [1.29, 1.82) is 0 Å². The van der Waals surface area contributed by atoms with E-state index in [2.05, 4.69) is 27.3 Å². The van der Waals surface area contributed by atoms with Crippen LogP contribution in [0.2, 0.25) is 5.02 Å². The van der Waals surface area contributed by atoms with Gasteiger partial charge in [0.2, 0.25) is 5.88 Å². The molecule has 0 aliphatic heterocycles. The van der Waals surface area contributed by atoms with Crippen molar-refractivity contribution < 1.29 is 4.74 Å². The first-order valence-electron chi connectivity index (χ1n) is 8.54. The molecule has 1 aromatic carbocycles. The first-order chi connectivity index (χ1) is 12.3. The summed E-state index contributed by atoms with van der Waals surface area (Å²) in [7, 11) is 0. The van der Waals surface area contributed by atoms with E-state index in [0.717, 1.165) is 17.3 Å². The molecule has 0 amide bonds. The lowest BCUT2D eigenvalue weighted by Crippen LogP contribution is -2.17. The zero-order valence-electron chi connectivity index (χ0n) is 13.5. The Labute approximate surface area is 150 Å². The summed E-state index contributed by atoms with van der Waals surface area (Å²) in [6.45, 7) is 0.699. The van der Waals surface area contributed by atoms with E-state index >= 15 is 0 Å². The Morgan fingerprint density at radius 1 is 1.08 bits per heavy atom. The number of rotatable bonds is 4. The molecule has 3 atom stereocenters. The second kappa shape index (κ2) is 5.85. The number of aromatic nitrogens is 4. The fourth-order valence-electron chi connectivity index (χ4n) is 3.99. The highest BCUT2D eigenvalue weighted by Gasteiger charge is 2.36. The molecule has 0 N–H and O–H groups in total. The maximum absolute atomic E-state index is 6.16. The maximum atomic E-state index is 6.16. The van der Waals surface area contributed by atoms with Gasteiger partial charge < -0.3 is 4.74 Å². The molecule has 126 valence electrons. The zero-order chi connectivity index (χ0) is 16.8. The van der Waals surface area contributed by atoms with Gasteiger partial charge in [-0.05, 0) is 54.9 Å². The minimum atomic E-state index is 0.584. The van der Waals surface area contributed by atoms with Crippen molar-refractivity contribution in [2.24, 2.45) is 17.8 Å². The van der Waals surface area contributed by atoms with Crippen LogP contribution in [-0.2, 0) is 0 Å². The normalized spacial score (nSPS) is 24.3. The minimum Gasteiger partial charge on any atom is -0.477 e. The first-order valence-corrected chi connectivity index (χ1v) is 8.92. The van der Waals surface area contributed by atoms with E-state index in [4.69, 9.17) is 16.3 Å². The minimum absolute atomic E-state index is 0.584. The molecule has 2 aromatic heterocycles. The van der Waals surface area contributed by atoms with Crippen molar-refractivity contribution in [2.45, 2.75) is 12.8 Å². The molecule has 5 nitrogen and oxygen atoms in total. The molecule has 2 heterocycles. The van der Waals surface area contributed by atoms with Gasteiger partial charge in [0.25, 0.3) is 0 Å². The third-order valence-corrected chi connectivity index (χ3v) is 5.50. The molecular weight excluding hydrogens is 336 g/mol. The average Bonchev–Trinajstić information content (AvgIpc) is 3.36. The molecule has 2 aliphatic carbocycles. The Hall–Kier alpha value is -2.40. The number of halogens is 1. The number of allylic oxidation sites excluding steroid dienone is 2. The summed E-state index contributed by atoms with van der Waals surface area (Å²) in [5.41, 5.74) is 1.62. The largest absolute Gasteiger partial charge is 0.477 e. The van der Waals surface area contributed by atoms with Crippen LogP contribution in [0, 0.1) is 17.8 Å². The molecule has 2 bridgehead atoms. The van der Waals surface area contributed by atoms with Crippen molar-refractivity contribution in [2.75, 3.05) is 6.61 Å². The van der Waals surface area contributed by atoms with Crippen LogP contribution in [-0.4, -0.2) is 26.2 Å². The molecule has 1 fully saturated rings. The van der Waals surface area contributed by atoms with Crippen LogP contribution >= 0.6 is 11.6 Å². The Bertz CT molecular complexity index is 950. The molecule has 25 heavy (non-hydrogen) atoms. The predicted molar refractivity (Wildman–Crippen MR) is 95.6 cm³/mol. The summed E-state index contributed by atoms with van der Waals surface area (Å²) in [4.78, 5) is 4.24. The summed E-state index contributed by atoms with van der Waals surface area (Å²) in [6, 6.07) is 7.57. The zero-order valence-corrected chi connectivity index (χ0v) is 14.3. The first kappa shape index (κ1) is 14.9. The van der Waals surface area contributed by atoms with Gasteiger partial charge in [0.1, 0.15) is 0 Å². The van der Waals surface area contributed by atoms with Gasteiger partial charge in [-0.3, -0.25) is 4.98 Å². The quantitative estimate of drug-likeness (QED) is 0.665. The van der Waals surface area contributed by atoms with Crippen LogP contribution in [0.15, 0.2) is 48.8 Å². The smallest absolute Gasteiger partial charge is 0.220 e. The molecule has 0 saturated heterocycles. The van der Waals surface area contributed by atoms with Crippen LogP contribution < -0.4 is 4.74 Å². The van der Waals surface area contributed by atoms with Gasteiger partial charge in [0.15, 0.2) is 11.5 Å². The fourth-order valence-corrected chi connectivity index (χ4v) is 4.12. The van der Waals surface area contributed by atoms with Gasteiger partial charge in [-0.15, -0.1) is 10.2 Å². The topological polar surface area (TPSA) is 52.3 Å². The maximum Gasteiger partial charge on any atom is 0.220 e. The van der Waals surface area contributed by atoms with Crippen LogP contribution in [0.25, 0.3) is 17.0 Å². The predicted octanol–water partition coefficient (Wildman–Crippen LogP) is 4.04. The van der Waals surface area contributed by atoms with E-state index < -0.39 is 0 Å². The lowest BCUT2D eigenvalue weighted by Gasteiger charge is -2.19. The lowest BCUT2D eigenvalue weighted by atomic mass is 9.95. The van der Waals surface area contributed by atoms with Crippen LogP contribution in [0.4, 0.5) is 0 Å². The third kappa shape index (κ3) is 2.59. The van der Waals surface area contributed by atoms with Crippen LogP contribution in [0.1, 0.15) is 12.8 Å². The van der Waals surface area contributed by atoms with Crippen LogP contribution in [0.5, 0.6) is 5.88 Å². The van der Waals surface area contributed by atoms with Crippen molar-refractivity contribution in [3.8, 4) is 17.3 Å². The highest BCUT2D eigenvalue weighted by Crippen LogP contribution is 2.43. The molecule has 5 rings (SSSR count). The highest BCUT2D eigenvalue weighted by molar-refractivity contribution is 6.30. The molecule has 0 radical (unpaired) electrons. The Morgan fingerprint density at radius 2 is 1.96 bits per heavy atom. The highest BCUT2D eigenvalue weighted by atomic mass is 35.5. The van der Waals surface area contributed by atoms with Crippen molar-refractivity contribution >= 4 is 17.2 Å². The summed E-state index contributed by atoms with van der Waals surface area (Å²) in [5.74, 6) is 3.40. The SMILES string of the molecule is Clc1ccc(-c2nnc3cncc(OCC4CC5C=CC4C5)n23)cc1. The van der Waals surface area contributed by atoms with Gasteiger partial charge in [-0.25, -0.2) is 4.40 Å². The van der Waals surface area contributed by atoms with E-state index in [1.165, 1.54) is 12.8 Å². The summed E-state index contributed by atoms with van der Waals surface area (Å²) < 4.78 is 8.08. The van der Waals surface area contributed by atoms with Gasteiger partial charge in [0, 0.05) is 10.6 Å². The van der Waals surface area contributed by atoms with E-state index in [-0.39, 0.29) is 0 Å². The van der Waals surface area contributed by atoms with Gasteiger partial charge >= 0.3 is 0 Å². The van der Waals surface area contributed by atoms with Crippen molar-refractivity contribution in [1.82, 2.24) is 19.6 Å². The Balaban J connectivity index is 1.47. The van der Waals surface area contributed by atoms with Gasteiger partial charge in [0.05, 0.1) is 19.0 Å². The van der Waals surface area contributed by atoms with E-state index in [1.807, 2.05) is 28.7 Å². The van der Waals surface area contributed by atoms with E-state index in [1.54, 1.807) is 12.4 Å². The average molecular weight is 353 g/mol. The molecular formula is C19H17ClN4O. The molecule has 0 spiro atoms. The monoisotopic (exact) mass is 352 g/mol. The van der Waals surface area contributed by atoms with Crippen molar-refractivity contribution in [3.63, 3.8) is 0 Å². The fraction of sp³-hybridized carbons (Fsp3) is 0.316. The number of benzene rings is 1. The molecule has 2 aliphatic rings. The Kier molecular flexibility index (Phi) is 3.48. The number of nitrogens with zero attached hydrogens (tertiary/aromatic N) is 4. The summed E-state index contributed by atoms with van der Waals surface area (Å²) in [5, 5.41) is 9.23. The van der Waals surface area contributed by atoms with Crippen molar-refractivity contribution in [3.05, 3.63) is 53.8 Å². The lowest BCUT2D eigenvalue weighted by molar-refractivity contribution is 0.218.